The molecule has 0 aliphatic heterocycles. The Morgan fingerprint density at radius 3 is 2.38 bits per heavy atom. The maximum Gasteiger partial charge on any atom is 0.325 e. The third-order valence-electron chi connectivity index (χ3n) is 2.78. The molecule has 0 aromatic heterocycles. The van der Waals surface area contributed by atoms with E-state index < -0.39 is 5.97 Å². The highest BCUT2D eigenvalue weighted by atomic mass is 16.5. The van der Waals surface area contributed by atoms with Crippen LogP contribution in [0.1, 0.15) is 13.8 Å². The molecule has 0 unspecified atom stereocenters. The Balaban J connectivity index is 2.56. The lowest BCUT2D eigenvalue weighted by Crippen LogP contribution is -2.39. The topological polar surface area (TPSA) is 65.1 Å². The van der Waals surface area contributed by atoms with Gasteiger partial charge in [0, 0.05) is 6.54 Å². The summed E-state index contributed by atoms with van der Waals surface area (Å²) in [5.41, 5.74) is 0. The van der Waals surface area contributed by atoms with Crippen LogP contribution in [0.25, 0.3) is 0 Å². The molecule has 21 heavy (non-hydrogen) atoms. The standard InChI is InChI=1S/C15H21NO5/c1-4-16(10-15(18)20-5-2)14(17)11-21-13-9-7-6-8-12(13)19-3/h6-9H,4-5,10-11H2,1-3H3. The smallest absolute Gasteiger partial charge is 0.325 e. The van der Waals surface area contributed by atoms with E-state index in [1.54, 1.807) is 32.0 Å². The van der Waals surface area contributed by atoms with E-state index in [1.807, 2.05) is 6.07 Å². The van der Waals surface area contributed by atoms with E-state index in [9.17, 15) is 9.59 Å². The Hall–Kier alpha value is -2.24. The van der Waals surface area contributed by atoms with Crippen molar-refractivity contribution >= 4 is 11.9 Å². The van der Waals surface area contributed by atoms with E-state index in [0.29, 0.717) is 24.7 Å². The highest BCUT2D eigenvalue weighted by molar-refractivity contribution is 5.83. The molecule has 0 aliphatic carbocycles. The third kappa shape index (κ3) is 5.33. The summed E-state index contributed by atoms with van der Waals surface area (Å²) >= 11 is 0. The highest BCUT2D eigenvalue weighted by Gasteiger charge is 2.17. The zero-order valence-electron chi connectivity index (χ0n) is 12.6. The molecule has 0 bridgehead atoms. The lowest BCUT2D eigenvalue weighted by molar-refractivity contribution is -0.149. The monoisotopic (exact) mass is 295 g/mol. The summed E-state index contributed by atoms with van der Waals surface area (Å²) in [5, 5.41) is 0. The fraction of sp³-hybridized carbons (Fsp3) is 0.467. The first-order chi connectivity index (χ1) is 10.1. The van der Waals surface area contributed by atoms with E-state index in [4.69, 9.17) is 14.2 Å². The second kappa shape index (κ2) is 8.84. The quantitative estimate of drug-likeness (QED) is 0.680. The van der Waals surface area contributed by atoms with Gasteiger partial charge in [0.2, 0.25) is 0 Å². The molecule has 6 heteroatoms. The number of benzene rings is 1. The molecule has 1 amide bonds. The summed E-state index contributed by atoms with van der Waals surface area (Å²) in [6.45, 7) is 3.99. The van der Waals surface area contributed by atoms with Gasteiger partial charge in [0.05, 0.1) is 13.7 Å². The van der Waals surface area contributed by atoms with E-state index in [2.05, 4.69) is 0 Å². The molecule has 0 radical (unpaired) electrons. The molecule has 6 nitrogen and oxygen atoms in total. The Labute approximate surface area is 124 Å². The Bertz CT molecular complexity index is 475. The Morgan fingerprint density at radius 2 is 1.81 bits per heavy atom. The number of ether oxygens (including phenoxy) is 3. The molecule has 1 aromatic carbocycles. The molecule has 0 spiro atoms. The summed E-state index contributed by atoms with van der Waals surface area (Å²) in [6.07, 6.45) is 0. The van der Waals surface area contributed by atoms with Crippen LogP contribution in [0.4, 0.5) is 0 Å². The predicted octanol–water partition coefficient (Wildman–Crippen LogP) is 1.49. The maximum absolute atomic E-state index is 12.0. The minimum atomic E-state index is -0.426. The number of carbonyl (C=O) groups is 2. The first-order valence-electron chi connectivity index (χ1n) is 6.81. The van der Waals surface area contributed by atoms with Gasteiger partial charge in [-0.2, -0.15) is 0 Å². The van der Waals surface area contributed by atoms with Crippen LogP contribution >= 0.6 is 0 Å². The van der Waals surface area contributed by atoms with Gasteiger partial charge in [-0.05, 0) is 26.0 Å². The normalized spacial score (nSPS) is 9.86. The summed E-state index contributed by atoms with van der Waals surface area (Å²) < 4.78 is 15.4. The van der Waals surface area contributed by atoms with Crippen LogP contribution in [0.15, 0.2) is 24.3 Å². The minimum Gasteiger partial charge on any atom is -0.493 e. The van der Waals surface area contributed by atoms with Crippen molar-refractivity contribution in [3.05, 3.63) is 24.3 Å². The fourth-order valence-corrected chi connectivity index (χ4v) is 1.71. The zero-order chi connectivity index (χ0) is 15.7. The van der Waals surface area contributed by atoms with Crippen LogP contribution in [0.5, 0.6) is 11.5 Å². The average Bonchev–Trinajstić information content (AvgIpc) is 2.50. The fourth-order valence-electron chi connectivity index (χ4n) is 1.71. The molecule has 1 aromatic rings. The molecule has 0 saturated heterocycles. The molecular formula is C15H21NO5. The number of hydrogen-bond acceptors (Lipinski definition) is 5. The van der Waals surface area contributed by atoms with Gasteiger partial charge < -0.3 is 19.1 Å². The van der Waals surface area contributed by atoms with Crippen LogP contribution in [-0.2, 0) is 14.3 Å². The van der Waals surface area contributed by atoms with Gasteiger partial charge in [-0.1, -0.05) is 12.1 Å². The van der Waals surface area contributed by atoms with Gasteiger partial charge in [-0.15, -0.1) is 0 Å². The maximum atomic E-state index is 12.0. The van der Waals surface area contributed by atoms with Crippen LogP contribution in [0, 0.1) is 0 Å². The van der Waals surface area contributed by atoms with Gasteiger partial charge in [0.15, 0.2) is 18.1 Å². The van der Waals surface area contributed by atoms with Crippen molar-refractivity contribution in [3.63, 3.8) is 0 Å². The number of likely N-dealkylation sites (N-methyl/N-ethyl adjacent to an activating group) is 1. The number of para-hydroxylation sites is 2. The van der Waals surface area contributed by atoms with Crippen LogP contribution in [-0.4, -0.2) is 50.2 Å². The highest BCUT2D eigenvalue weighted by Crippen LogP contribution is 2.25. The number of carbonyl (C=O) groups excluding carboxylic acids is 2. The summed E-state index contributed by atoms with van der Waals surface area (Å²) in [4.78, 5) is 24.8. The summed E-state index contributed by atoms with van der Waals surface area (Å²) in [5.74, 6) is 0.334. The molecule has 1 rings (SSSR count). The largest absolute Gasteiger partial charge is 0.493 e. The van der Waals surface area contributed by atoms with Crippen molar-refractivity contribution in [2.75, 3.05) is 33.4 Å². The van der Waals surface area contributed by atoms with Gasteiger partial charge in [0.25, 0.3) is 5.91 Å². The number of rotatable bonds is 8. The lowest BCUT2D eigenvalue weighted by Gasteiger charge is -2.20. The first-order valence-corrected chi connectivity index (χ1v) is 6.81. The summed E-state index contributed by atoms with van der Waals surface area (Å²) in [7, 11) is 1.53. The molecule has 0 atom stereocenters. The van der Waals surface area contributed by atoms with Crippen molar-refractivity contribution in [2.24, 2.45) is 0 Å². The second-order valence-corrected chi connectivity index (χ2v) is 4.15. The molecule has 0 aliphatic rings. The van der Waals surface area contributed by atoms with Crippen LogP contribution in [0.2, 0.25) is 0 Å². The van der Waals surface area contributed by atoms with Crippen molar-refractivity contribution in [2.45, 2.75) is 13.8 Å². The van der Waals surface area contributed by atoms with Crippen LogP contribution < -0.4 is 9.47 Å². The van der Waals surface area contributed by atoms with Crippen molar-refractivity contribution in [1.29, 1.82) is 0 Å². The van der Waals surface area contributed by atoms with E-state index >= 15 is 0 Å². The molecule has 0 heterocycles. The lowest BCUT2D eigenvalue weighted by atomic mass is 10.3. The molecule has 0 fully saturated rings. The third-order valence-corrected chi connectivity index (χ3v) is 2.78. The van der Waals surface area contributed by atoms with E-state index in [0.717, 1.165) is 0 Å². The van der Waals surface area contributed by atoms with Crippen molar-refractivity contribution in [3.8, 4) is 11.5 Å². The number of esters is 1. The van der Waals surface area contributed by atoms with Gasteiger partial charge in [-0.25, -0.2) is 0 Å². The van der Waals surface area contributed by atoms with Crippen molar-refractivity contribution < 1.29 is 23.8 Å². The minimum absolute atomic E-state index is 0.0710. The van der Waals surface area contributed by atoms with E-state index in [-0.39, 0.29) is 19.1 Å². The Morgan fingerprint density at radius 1 is 1.14 bits per heavy atom. The average molecular weight is 295 g/mol. The second-order valence-electron chi connectivity index (χ2n) is 4.15. The molecule has 116 valence electrons. The summed E-state index contributed by atoms with van der Waals surface area (Å²) in [6, 6.07) is 7.06. The number of amides is 1. The van der Waals surface area contributed by atoms with Gasteiger partial charge in [-0.3, -0.25) is 9.59 Å². The van der Waals surface area contributed by atoms with Crippen LogP contribution in [0.3, 0.4) is 0 Å². The van der Waals surface area contributed by atoms with Gasteiger partial charge >= 0.3 is 5.97 Å². The van der Waals surface area contributed by atoms with E-state index in [1.165, 1.54) is 12.0 Å². The number of methoxy groups -OCH3 is 1. The zero-order valence-corrected chi connectivity index (χ0v) is 12.6. The molecule has 0 N–H and O–H groups in total. The van der Waals surface area contributed by atoms with Gasteiger partial charge in [0.1, 0.15) is 6.54 Å². The molecular weight excluding hydrogens is 274 g/mol. The molecule has 0 saturated carbocycles. The SMILES string of the molecule is CCOC(=O)CN(CC)C(=O)COc1ccccc1OC. The predicted molar refractivity (Wildman–Crippen MR) is 77.4 cm³/mol. The first kappa shape index (κ1) is 16.8. The number of hydrogen-bond donors (Lipinski definition) is 0. The Kier molecular flexibility index (Phi) is 7.08. The number of nitrogens with zero attached hydrogens (tertiary/aromatic N) is 1. The van der Waals surface area contributed by atoms with Crippen molar-refractivity contribution in [1.82, 2.24) is 4.90 Å².